The van der Waals surface area contributed by atoms with Gasteiger partial charge < -0.3 is 9.72 Å². The first kappa shape index (κ1) is 13.6. The van der Waals surface area contributed by atoms with Crippen LogP contribution in [0.4, 0.5) is 0 Å². The maximum absolute atomic E-state index is 5.83. The Morgan fingerprint density at radius 1 is 0.739 bits per heavy atom. The number of hydrogen-bond donors (Lipinski definition) is 1. The van der Waals surface area contributed by atoms with Gasteiger partial charge in [0.25, 0.3) is 0 Å². The predicted octanol–water partition coefficient (Wildman–Crippen LogP) is 5.41. The Labute approximate surface area is 135 Å². The molecule has 0 radical (unpaired) electrons. The average molecular weight is 299 g/mol. The Morgan fingerprint density at radius 2 is 1.52 bits per heavy atom. The molecule has 2 heteroatoms. The fourth-order valence-electron chi connectivity index (χ4n) is 2.71. The summed E-state index contributed by atoms with van der Waals surface area (Å²) in [4.78, 5) is 3.25. The van der Waals surface area contributed by atoms with Crippen LogP contribution in [0.3, 0.4) is 0 Å². The lowest BCUT2D eigenvalue weighted by atomic mass is 10.0. The lowest BCUT2D eigenvalue weighted by molar-refractivity contribution is 0.306. The zero-order valence-corrected chi connectivity index (χ0v) is 12.7. The van der Waals surface area contributed by atoms with Crippen molar-refractivity contribution in [1.82, 2.24) is 4.98 Å². The third-order valence-electron chi connectivity index (χ3n) is 3.99. The van der Waals surface area contributed by atoms with Crippen molar-refractivity contribution in [1.29, 1.82) is 0 Å². The fraction of sp³-hybridized carbons (Fsp3) is 0.0476. The summed E-state index contributed by atoms with van der Waals surface area (Å²) in [5.41, 5.74) is 4.73. The Kier molecular flexibility index (Phi) is 3.57. The van der Waals surface area contributed by atoms with Gasteiger partial charge in [0.05, 0.1) is 0 Å². The Hall–Kier alpha value is -3.00. The third-order valence-corrected chi connectivity index (χ3v) is 3.99. The molecule has 0 atom stereocenters. The number of H-pyrrole nitrogens is 1. The smallest absolute Gasteiger partial charge is 0.119 e. The number of ether oxygens (including phenoxy) is 1. The standard InChI is InChI=1S/C21H17NO/c1-2-4-16(5-3-1)15-23-20-10-8-17(9-11-20)19-7-6-18-12-13-22-21(18)14-19/h1-14,22H,15H2. The van der Waals surface area contributed by atoms with E-state index >= 15 is 0 Å². The van der Waals surface area contributed by atoms with Gasteiger partial charge in [0, 0.05) is 11.7 Å². The van der Waals surface area contributed by atoms with Crippen LogP contribution in [0.2, 0.25) is 0 Å². The third kappa shape index (κ3) is 2.97. The summed E-state index contributed by atoms with van der Waals surface area (Å²) in [6.07, 6.45) is 1.97. The zero-order chi connectivity index (χ0) is 15.5. The molecular weight excluding hydrogens is 282 g/mol. The maximum atomic E-state index is 5.83. The first-order valence-corrected chi connectivity index (χ1v) is 7.73. The molecule has 0 aliphatic heterocycles. The van der Waals surface area contributed by atoms with E-state index in [9.17, 15) is 0 Å². The molecule has 0 aliphatic carbocycles. The van der Waals surface area contributed by atoms with E-state index in [-0.39, 0.29) is 0 Å². The molecule has 3 aromatic carbocycles. The fourth-order valence-corrected chi connectivity index (χ4v) is 2.71. The zero-order valence-electron chi connectivity index (χ0n) is 12.7. The molecule has 0 unspecified atom stereocenters. The molecule has 23 heavy (non-hydrogen) atoms. The lowest BCUT2D eigenvalue weighted by Gasteiger charge is -2.08. The second kappa shape index (κ2) is 6.01. The lowest BCUT2D eigenvalue weighted by Crippen LogP contribution is -1.94. The van der Waals surface area contributed by atoms with Gasteiger partial charge in [-0.1, -0.05) is 54.6 Å². The number of rotatable bonds is 4. The van der Waals surface area contributed by atoms with Gasteiger partial charge in [-0.05, 0) is 46.3 Å². The number of hydrogen-bond acceptors (Lipinski definition) is 1. The molecule has 4 rings (SSSR count). The van der Waals surface area contributed by atoms with E-state index < -0.39 is 0 Å². The predicted molar refractivity (Wildman–Crippen MR) is 94.5 cm³/mol. The molecule has 1 aromatic heterocycles. The van der Waals surface area contributed by atoms with Crippen molar-refractivity contribution >= 4 is 10.9 Å². The highest BCUT2D eigenvalue weighted by Gasteiger charge is 2.02. The van der Waals surface area contributed by atoms with Crippen LogP contribution in [0.15, 0.2) is 85.1 Å². The quantitative estimate of drug-likeness (QED) is 0.535. The monoisotopic (exact) mass is 299 g/mol. The van der Waals surface area contributed by atoms with E-state index in [2.05, 4.69) is 53.5 Å². The van der Waals surface area contributed by atoms with E-state index in [0.29, 0.717) is 6.61 Å². The normalized spacial score (nSPS) is 10.8. The second-order valence-electron chi connectivity index (χ2n) is 5.58. The van der Waals surface area contributed by atoms with Crippen LogP contribution in [0.1, 0.15) is 5.56 Å². The summed E-state index contributed by atoms with van der Waals surface area (Å²) in [5.74, 6) is 0.888. The molecule has 112 valence electrons. The van der Waals surface area contributed by atoms with Crippen molar-refractivity contribution in [3.8, 4) is 16.9 Å². The highest BCUT2D eigenvalue weighted by Crippen LogP contribution is 2.26. The van der Waals surface area contributed by atoms with Gasteiger partial charge >= 0.3 is 0 Å². The molecule has 1 N–H and O–H groups in total. The molecular formula is C21H17NO. The van der Waals surface area contributed by atoms with Crippen LogP contribution in [0.5, 0.6) is 5.75 Å². The molecule has 0 spiro atoms. The van der Waals surface area contributed by atoms with Crippen LogP contribution in [-0.4, -0.2) is 4.98 Å². The molecule has 2 nitrogen and oxygen atoms in total. The first-order chi connectivity index (χ1) is 11.4. The van der Waals surface area contributed by atoms with Gasteiger partial charge in [0.2, 0.25) is 0 Å². The van der Waals surface area contributed by atoms with Gasteiger partial charge in [-0.2, -0.15) is 0 Å². The molecule has 4 aromatic rings. The van der Waals surface area contributed by atoms with Crippen LogP contribution < -0.4 is 4.74 Å². The molecule has 0 amide bonds. The van der Waals surface area contributed by atoms with Crippen molar-refractivity contribution in [3.05, 3.63) is 90.6 Å². The summed E-state index contributed by atoms with van der Waals surface area (Å²) in [6, 6.07) is 27.0. The van der Waals surface area contributed by atoms with Gasteiger partial charge in [0.1, 0.15) is 12.4 Å². The minimum Gasteiger partial charge on any atom is -0.489 e. The highest BCUT2D eigenvalue weighted by atomic mass is 16.5. The second-order valence-corrected chi connectivity index (χ2v) is 5.58. The first-order valence-electron chi connectivity index (χ1n) is 7.73. The van der Waals surface area contributed by atoms with Crippen molar-refractivity contribution in [2.45, 2.75) is 6.61 Å². The highest BCUT2D eigenvalue weighted by molar-refractivity contribution is 5.84. The molecule has 0 fully saturated rings. The van der Waals surface area contributed by atoms with Crippen molar-refractivity contribution in [2.24, 2.45) is 0 Å². The van der Waals surface area contributed by atoms with Gasteiger partial charge in [-0.15, -0.1) is 0 Å². The number of benzene rings is 3. The largest absolute Gasteiger partial charge is 0.489 e. The Balaban J connectivity index is 1.51. The number of nitrogens with one attached hydrogen (secondary N) is 1. The summed E-state index contributed by atoms with van der Waals surface area (Å²) in [6.45, 7) is 0.592. The summed E-state index contributed by atoms with van der Waals surface area (Å²) in [5, 5.41) is 1.23. The SMILES string of the molecule is c1ccc(COc2ccc(-c3ccc4cc[nH]c4c3)cc2)cc1. The van der Waals surface area contributed by atoms with Gasteiger partial charge in [-0.25, -0.2) is 0 Å². The van der Waals surface area contributed by atoms with Crippen LogP contribution >= 0.6 is 0 Å². The minimum absolute atomic E-state index is 0.592. The Morgan fingerprint density at radius 3 is 2.35 bits per heavy atom. The van der Waals surface area contributed by atoms with E-state index in [1.165, 1.54) is 22.1 Å². The number of fused-ring (bicyclic) bond motifs is 1. The van der Waals surface area contributed by atoms with E-state index in [1.807, 2.05) is 36.5 Å². The van der Waals surface area contributed by atoms with Crippen molar-refractivity contribution in [2.75, 3.05) is 0 Å². The molecule has 0 aliphatic rings. The van der Waals surface area contributed by atoms with Crippen LogP contribution in [-0.2, 0) is 6.61 Å². The van der Waals surface area contributed by atoms with Crippen molar-refractivity contribution in [3.63, 3.8) is 0 Å². The molecule has 0 saturated carbocycles. The van der Waals surface area contributed by atoms with Gasteiger partial charge in [0.15, 0.2) is 0 Å². The van der Waals surface area contributed by atoms with Crippen LogP contribution in [0, 0.1) is 0 Å². The van der Waals surface area contributed by atoms with Gasteiger partial charge in [-0.3, -0.25) is 0 Å². The van der Waals surface area contributed by atoms with Crippen LogP contribution in [0.25, 0.3) is 22.0 Å². The van der Waals surface area contributed by atoms with E-state index in [1.54, 1.807) is 0 Å². The molecule has 1 heterocycles. The molecule has 0 saturated heterocycles. The molecule has 0 bridgehead atoms. The number of aromatic nitrogens is 1. The topological polar surface area (TPSA) is 25.0 Å². The Bertz CT molecular complexity index is 907. The average Bonchev–Trinajstić information content (AvgIpc) is 3.09. The minimum atomic E-state index is 0.592. The summed E-state index contributed by atoms with van der Waals surface area (Å²) >= 11 is 0. The van der Waals surface area contributed by atoms with Crippen molar-refractivity contribution < 1.29 is 4.74 Å². The van der Waals surface area contributed by atoms with E-state index in [4.69, 9.17) is 4.74 Å². The van der Waals surface area contributed by atoms with E-state index in [0.717, 1.165) is 11.3 Å². The summed E-state index contributed by atoms with van der Waals surface area (Å²) < 4.78 is 5.83. The maximum Gasteiger partial charge on any atom is 0.119 e. The number of aromatic amines is 1. The summed E-state index contributed by atoms with van der Waals surface area (Å²) in [7, 11) is 0.